The standard InChI is InChI=1S/C19H14F3N3O2/c1-12-10-17-23-18(14-7-3-4-8-15(14)25(17)24-12)26-11-13-6-2-5-9-16(13)27-19(20,21)22/h2-10H,11H2,1H3. The molecule has 4 aromatic rings. The summed E-state index contributed by atoms with van der Waals surface area (Å²) in [6, 6.07) is 15.1. The van der Waals surface area contributed by atoms with Crippen LogP contribution in [0.15, 0.2) is 54.6 Å². The lowest BCUT2D eigenvalue weighted by molar-refractivity contribution is -0.275. The Morgan fingerprint density at radius 1 is 1.04 bits per heavy atom. The molecule has 0 aliphatic heterocycles. The van der Waals surface area contributed by atoms with Gasteiger partial charge >= 0.3 is 6.36 Å². The molecule has 0 radical (unpaired) electrons. The molecular formula is C19H14F3N3O2. The minimum atomic E-state index is -4.77. The van der Waals surface area contributed by atoms with Gasteiger partial charge in [-0.05, 0) is 25.1 Å². The zero-order valence-electron chi connectivity index (χ0n) is 14.2. The second kappa shape index (κ2) is 6.46. The highest BCUT2D eigenvalue weighted by molar-refractivity contribution is 5.85. The number of alkyl halides is 3. The maximum atomic E-state index is 12.6. The van der Waals surface area contributed by atoms with Gasteiger partial charge < -0.3 is 9.47 Å². The van der Waals surface area contributed by atoms with Crippen molar-refractivity contribution in [2.75, 3.05) is 0 Å². The van der Waals surface area contributed by atoms with Crippen molar-refractivity contribution in [1.82, 2.24) is 14.6 Å². The van der Waals surface area contributed by atoms with E-state index < -0.39 is 6.36 Å². The molecule has 0 aliphatic carbocycles. The van der Waals surface area contributed by atoms with Crippen molar-refractivity contribution in [3.63, 3.8) is 0 Å². The van der Waals surface area contributed by atoms with E-state index in [4.69, 9.17) is 4.74 Å². The first-order valence-electron chi connectivity index (χ1n) is 8.12. The molecule has 5 nitrogen and oxygen atoms in total. The summed E-state index contributed by atoms with van der Waals surface area (Å²) in [5, 5.41) is 5.12. The van der Waals surface area contributed by atoms with E-state index in [1.54, 1.807) is 16.6 Å². The van der Waals surface area contributed by atoms with Gasteiger partial charge in [-0.1, -0.05) is 30.3 Å². The van der Waals surface area contributed by atoms with Crippen LogP contribution in [0.5, 0.6) is 11.6 Å². The first kappa shape index (κ1) is 17.1. The summed E-state index contributed by atoms with van der Waals surface area (Å²) in [5.74, 6) is 0.0235. The molecule has 27 heavy (non-hydrogen) atoms. The van der Waals surface area contributed by atoms with Crippen LogP contribution in [0, 0.1) is 6.92 Å². The number of hydrogen-bond acceptors (Lipinski definition) is 4. The monoisotopic (exact) mass is 373 g/mol. The molecule has 0 bridgehead atoms. The molecule has 2 heterocycles. The Kier molecular flexibility index (Phi) is 4.10. The second-order valence-corrected chi connectivity index (χ2v) is 5.93. The molecule has 0 amide bonds. The highest BCUT2D eigenvalue weighted by atomic mass is 19.4. The van der Waals surface area contributed by atoms with Gasteiger partial charge in [0, 0.05) is 11.6 Å². The quantitative estimate of drug-likeness (QED) is 0.522. The van der Waals surface area contributed by atoms with Crippen LogP contribution in [0.3, 0.4) is 0 Å². The van der Waals surface area contributed by atoms with Gasteiger partial charge in [0.15, 0.2) is 5.65 Å². The zero-order valence-corrected chi connectivity index (χ0v) is 14.2. The Morgan fingerprint density at radius 3 is 2.59 bits per heavy atom. The van der Waals surface area contributed by atoms with E-state index in [9.17, 15) is 13.2 Å². The number of ether oxygens (including phenoxy) is 2. The van der Waals surface area contributed by atoms with Crippen LogP contribution >= 0.6 is 0 Å². The maximum Gasteiger partial charge on any atom is 0.573 e. The van der Waals surface area contributed by atoms with E-state index in [-0.39, 0.29) is 17.9 Å². The number of fused-ring (bicyclic) bond motifs is 3. The van der Waals surface area contributed by atoms with E-state index in [0.717, 1.165) is 11.2 Å². The molecule has 0 fully saturated rings. The first-order valence-corrected chi connectivity index (χ1v) is 8.12. The molecule has 0 saturated heterocycles. The van der Waals surface area contributed by atoms with E-state index >= 15 is 0 Å². The topological polar surface area (TPSA) is 48.7 Å². The summed E-state index contributed by atoms with van der Waals surface area (Å²) in [7, 11) is 0. The average Bonchev–Trinajstić information content (AvgIpc) is 3.00. The van der Waals surface area contributed by atoms with E-state index in [1.807, 2.05) is 31.2 Å². The molecule has 0 saturated carbocycles. The van der Waals surface area contributed by atoms with Gasteiger partial charge in [-0.15, -0.1) is 13.2 Å². The molecule has 2 aromatic carbocycles. The maximum absolute atomic E-state index is 12.6. The highest BCUT2D eigenvalue weighted by Gasteiger charge is 2.32. The second-order valence-electron chi connectivity index (χ2n) is 5.93. The Morgan fingerprint density at radius 2 is 1.78 bits per heavy atom. The van der Waals surface area contributed by atoms with E-state index in [0.29, 0.717) is 16.9 Å². The van der Waals surface area contributed by atoms with Crippen LogP contribution in [0.1, 0.15) is 11.3 Å². The smallest absolute Gasteiger partial charge is 0.472 e. The Balaban J connectivity index is 1.70. The van der Waals surface area contributed by atoms with Crippen LogP contribution in [0.2, 0.25) is 0 Å². The van der Waals surface area contributed by atoms with Gasteiger partial charge in [0.25, 0.3) is 0 Å². The third-order valence-corrected chi connectivity index (χ3v) is 3.95. The minimum Gasteiger partial charge on any atom is -0.472 e. The summed E-state index contributed by atoms with van der Waals surface area (Å²) in [6.07, 6.45) is -4.77. The number of para-hydroxylation sites is 2. The van der Waals surface area contributed by atoms with E-state index in [1.165, 1.54) is 18.2 Å². The molecular weight excluding hydrogens is 359 g/mol. The number of benzene rings is 2. The van der Waals surface area contributed by atoms with Crippen molar-refractivity contribution >= 4 is 16.6 Å². The van der Waals surface area contributed by atoms with E-state index in [2.05, 4.69) is 14.8 Å². The molecule has 138 valence electrons. The van der Waals surface area contributed by atoms with Crippen LogP contribution < -0.4 is 9.47 Å². The van der Waals surface area contributed by atoms with Crippen LogP contribution in [0.4, 0.5) is 13.2 Å². The van der Waals surface area contributed by atoms with Gasteiger partial charge in [-0.3, -0.25) is 0 Å². The number of halogens is 3. The predicted octanol–water partition coefficient (Wildman–Crippen LogP) is 4.67. The van der Waals surface area contributed by atoms with Gasteiger partial charge in [-0.25, -0.2) is 4.52 Å². The molecule has 0 spiro atoms. The highest BCUT2D eigenvalue weighted by Crippen LogP contribution is 2.29. The fraction of sp³-hybridized carbons (Fsp3) is 0.158. The van der Waals surface area contributed by atoms with Crippen molar-refractivity contribution in [3.05, 3.63) is 65.9 Å². The first-order chi connectivity index (χ1) is 12.9. The normalized spacial score (nSPS) is 11.9. The van der Waals surface area contributed by atoms with Gasteiger partial charge in [-0.2, -0.15) is 10.1 Å². The zero-order chi connectivity index (χ0) is 19.0. The molecule has 8 heteroatoms. The lowest BCUT2D eigenvalue weighted by Crippen LogP contribution is -2.18. The van der Waals surface area contributed by atoms with Crippen molar-refractivity contribution < 1.29 is 22.6 Å². The van der Waals surface area contributed by atoms with Gasteiger partial charge in [0.2, 0.25) is 5.88 Å². The lowest BCUT2D eigenvalue weighted by Gasteiger charge is -2.14. The average molecular weight is 373 g/mol. The third-order valence-electron chi connectivity index (χ3n) is 3.95. The Hall–Kier alpha value is -3.29. The molecule has 0 N–H and O–H groups in total. The van der Waals surface area contributed by atoms with Crippen molar-refractivity contribution in [1.29, 1.82) is 0 Å². The number of hydrogen-bond donors (Lipinski definition) is 0. The lowest BCUT2D eigenvalue weighted by atomic mass is 10.2. The summed E-state index contributed by atoms with van der Waals surface area (Å²) in [4.78, 5) is 4.46. The fourth-order valence-corrected chi connectivity index (χ4v) is 2.85. The molecule has 0 atom stereocenters. The van der Waals surface area contributed by atoms with Gasteiger partial charge in [0.05, 0.1) is 16.6 Å². The number of aromatic nitrogens is 3. The predicted molar refractivity (Wildman–Crippen MR) is 92.7 cm³/mol. The summed E-state index contributed by atoms with van der Waals surface area (Å²) in [5.41, 5.74) is 2.46. The van der Waals surface area contributed by atoms with Crippen molar-refractivity contribution in [3.8, 4) is 11.6 Å². The molecule has 0 unspecified atom stereocenters. The number of rotatable bonds is 4. The van der Waals surface area contributed by atoms with Crippen LogP contribution in [-0.2, 0) is 6.61 Å². The van der Waals surface area contributed by atoms with Crippen molar-refractivity contribution in [2.24, 2.45) is 0 Å². The molecule has 0 aliphatic rings. The molecule has 4 rings (SSSR count). The Labute approximate surface area is 152 Å². The summed E-state index contributed by atoms with van der Waals surface area (Å²) in [6.45, 7) is 1.74. The van der Waals surface area contributed by atoms with Crippen LogP contribution in [-0.4, -0.2) is 21.0 Å². The summed E-state index contributed by atoms with van der Waals surface area (Å²) < 4.78 is 49.3. The largest absolute Gasteiger partial charge is 0.573 e. The SMILES string of the molecule is Cc1cc2nc(OCc3ccccc3OC(F)(F)F)c3ccccc3n2n1. The van der Waals surface area contributed by atoms with Crippen LogP contribution in [0.25, 0.3) is 16.6 Å². The van der Waals surface area contributed by atoms with Crippen molar-refractivity contribution in [2.45, 2.75) is 19.9 Å². The Bertz CT molecular complexity index is 1120. The minimum absolute atomic E-state index is 0.119. The fourth-order valence-electron chi connectivity index (χ4n) is 2.85. The summed E-state index contributed by atoms with van der Waals surface area (Å²) >= 11 is 0. The number of aryl methyl sites for hydroxylation is 1. The third kappa shape index (κ3) is 3.51. The van der Waals surface area contributed by atoms with Gasteiger partial charge in [0.1, 0.15) is 12.4 Å². The number of nitrogens with zero attached hydrogens (tertiary/aromatic N) is 3. The molecule has 2 aromatic heterocycles.